The highest BCUT2D eigenvalue weighted by molar-refractivity contribution is 5.19. The van der Waals surface area contributed by atoms with Gasteiger partial charge in [-0.25, -0.2) is 0 Å². The topological polar surface area (TPSA) is 24.5 Å². The number of nitrogens with zero attached hydrogens (tertiary/aromatic N) is 1. The van der Waals surface area contributed by atoms with Crippen LogP contribution >= 0.6 is 0 Å². The van der Waals surface area contributed by atoms with E-state index in [1.54, 1.807) is 0 Å². The molecule has 1 aromatic rings. The van der Waals surface area contributed by atoms with Crippen molar-refractivity contribution in [1.29, 1.82) is 0 Å². The second-order valence-electron chi connectivity index (χ2n) is 5.84. The van der Waals surface area contributed by atoms with Crippen LogP contribution in [0.15, 0.2) is 30.3 Å². The molecule has 0 aromatic heterocycles. The van der Waals surface area contributed by atoms with E-state index in [1.807, 2.05) is 0 Å². The molecule has 0 aliphatic carbocycles. The fourth-order valence-corrected chi connectivity index (χ4v) is 3.02. The van der Waals surface area contributed by atoms with Crippen LogP contribution in [0.3, 0.4) is 0 Å². The van der Waals surface area contributed by atoms with Gasteiger partial charge >= 0.3 is 0 Å². The van der Waals surface area contributed by atoms with E-state index in [9.17, 15) is 0 Å². The molecule has 2 rings (SSSR count). The van der Waals surface area contributed by atoms with Crippen LogP contribution in [0.5, 0.6) is 0 Å². The summed E-state index contributed by atoms with van der Waals surface area (Å²) in [6.45, 7) is 10.7. The Morgan fingerprint density at radius 2 is 1.85 bits per heavy atom. The Labute approximate surface area is 123 Å². The van der Waals surface area contributed by atoms with Gasteiger partial charge in [0.05, 0.1) is 12.2 Å². The van der Waals surface area contributed by atoms with Gasteiger partial charge in [0.15, 0.2) is 0 Å². The first-order valence-corrected chi connectivity index (χ1v) is 7.86. The molecule has 0 bridgehead atoms. The zero-order valence-corrected chi connectivity index (χ0v) is 13.0. The molecule has 3 atom stereocenters. The third-order valence-electron chi connectivity index (χ3n) is 3.84. The van der Waals surface area contributed by atoms with Crippen LogP contribution in [0.4, 0.5) is 0 Å². The van der Waals surface area contributed by atoms with Gasteiger partial charge in [0.25, 0.3) is 0 Å². The summed E-state index contributed by atoms with van der Waals surface area (Å²) in [5, 5.41) is 3.58. The Hall–Kier alpha value is -0.900. The maximum atomic E-state index is 5.87. The Balaban J connectivity index is 2.09. The summed E-state index contributed by atoms with van der Waals surface area (Å²) in [5.74, 6) is 0. The first-order chi connectivity index (χ1) is 9.70. The minimum absolute atomic E-state index is 0.316. The van der Waals surface area contributed by atoms with Crippen molar-refractivity contribution in [2.75, 3.05) is 26.2 Å². The monoisotopic (exact) mass is 276 g/mol. The molecule has 0 spiro atoms. The number of ether oxygens (including phenoxy) is 1. The van der Waals surface area contributed by atoms with Gasteiger partial charge in [-0.05, 0) is 32.4 Å². The summed E-state index contributed by atoms with van der Waals surface area (Å²) < 4.78 is 5.87. The quantitative estimate of drug-likeness (QED) is 0.809. The molecule has 3 nitrogen and oxygen atoms in total. The lowest BCUT2D eigenvalue weighted by Crippen LogP contribution is -2.49. The number of morpholine rings is 1. The van der Waals surface area contributed by atoms with E-state index in [0.717, 1.165) is 26.2 Å². The average molecular weight is 276 g/mol. The number of benzene rings is 1. The molecule has 1 unspecified atom stereocenters. The van der Waals surface area contributed by atoms with Crippen LogP contribution in [0, 0.1) is 0 Å². The van der Waals surface area contributed by atoms with Gasteiger partial charge < -0.3 is 10.1 Å². The molecule has 1 N–H and O–H groups in total. The van der Waals surface area contributed by atoms with E-state index in [0.29, 0.717) is 18.2 Å². The summed E-state index contributed by atoms with van der Waals surface area (Å²) in [5.41, 5.74) is 1.40. The predicted octanol–water partition coefficient (Wildman–Crippen LogP) is 2.84. The molecule has 1 fully saturated rings. The van der Waals surface area contributed by atoms with Gasteiger partial charge in [0.2, 0.25) is 0 Å². The van der Waals surface area contributed by atoms with E-state index in [-0.39, 0.29) is 0 Å². The van der Waals surface area contributed by atoms with Crippen LogP contribution in [0.25, 0.3) is 0 Å². The highest BCUT2D eigenvalue weighted by Crippen LogP contribution is 2.24. The first-order valence-electron chi connectivity index (χ1n) is 7.86. The third kappa shape index (κ3) is 4.30. The first kappa shape index (κ1) is 15.5. The van der Waals surface area contributed by atoms with E-state index >= 15 is 0 Å². The molecule has 0 amide bonds. The van der Waals surface area contributed by atoms with Crippen LogP contribution in [0.2, 0.25) is 0 Å². The number of rotatable bonds is 6. The summed E-state index contributed by atoms with van der Waals surface area (Å²) >= 11 is 0. The maximum Gasteiger partial charge on any atom is 0.0678 e. The normalized spacial score (nSPS) is 25.6. The lowest BCUT2D eigenvalue weighted by atomic mass is 10.0. The third-order valence-corrected chi connectivity index (χ3v) is 3.84. The fraction of sp³-hybridized carbons (Fsp3) is 0.647. The average Bonchev–Trinajstić information content (AvgIpc) is 2.43. The minimum atomic E-state index is 0.316. The van der Waals surface area contributed by atoms with Gasteiger partial charge in [-0.3, -0.25) is 4.90 Å². The number of nitrogens with one attached hydrogen (secondary N) is 1. The lowest BCUT2D eigenvalue weighted by Gasteiger charge is -2.40. The lowest BCUT2D eigenvalue weighted by molar-refractivity contribution is -0.0807. The molecule has 1 aliphatic heterocycles. The van der Waals surface area contributed by atoms with Gasteiger partial charge in [0, 0.05) is 25.7 Å². The molecule has 0 saturated carbocycles. The molecular formula is C17H28N2O. The summed E-state index contributed by atoms with van der Waals surface area (Å²) in [7, 11) is 0. The van der Waals surface area contributed by atoms with Crippen molar-refractivity contribution in [2.24, 2.45) is 0 Å². The van der Waals surface area contributed by atoms with Crippen molar-refractivity contribution in [3.05, 3.63) is 35.9 Å². The summed E-state index contributed by atoms with van der Waals surface area (Å²) in [6, 6.07) is 11.3. The van der Waals surface area contributed by atoms with Crippen molar-refractivity contribution in [2.45, 2.75) is 45.4 Å². The van der Waals surface area contributed by atoms with Gasteiger partial charge in [0.1, 0.15) is 0 Å². The Morgan fingerprint density at radius 1 is 1.20 bits per heavy atom. The van der Waals surface area contributed by atoms with Crippen molar-refractivity contribution < 1.29 is 4.74 Å². The highest BCUT2D eigenvalue weighted by Gasteiger charge is 2.28. The van der Waals surface area contributed by atoms with Crippen LogP contribution < -0.4 is 5.32 Å². The maximum absolute atomic E-state index is 5.87. The molecule has 1 aromatic carbocycles. The molecule has 20 heavy (non-hydrogen) atoms. The molecule has 112 valence electrons. The standard InChI is InChI=1S/C17H28N2O/c1-4-10-18-11-17(16-8-6-5-7-9-16)19-12-14(2)20-15(3)13-19/h5-9,14-15,17-18H,4,10-13H2,1-3H3/t14-,15+,17?. The second-order valence-corrected chi connectivity index (χ2v) is 5.84. The summed E-state index contributed by atoms with van der Waals surface area (Å²) in [4.78, 5) is 2.57. The molecular weight excluding hydrogens is 248 g/mol. The summed E-state index contributed by atoms with van der Waals surface area (Å²) in [6.07, 6.45) is 1.81. The zero-order chi connectivity index (χ0) is 14.4. The largest absolute Gasteiger partial charge is 0.373 e. The SMILES string of the molecule is CCCNCC(c1ccccc1)N1C[C@@H](C)O[C@@H](C)C1. The number of hydrogen-bond donors (Lipinski definition) is 1. The molecule has 1 aliphatic rings. The van der Waals surface area contributed by atoms with E-state index < -0.39 is 0 Å². The molecule has 0 radical (unpaired) electrons. The van der Waals surface area contributed by atoms with E-state index in [4.69, 9.17) is 4.74 Å². The fourth-order valence-electron chi connectivity index (χ4n) is 3.02. The van der Waals surface area contributed by atoms with Gasteiger partial charge in [-0.15, -0.1) is 0 Å². The van der Waals surface area contributed by atoms with E-state index in [2.05, 4.69) is 61.3 Å². The van der Waals surface area contributed by atoms with Crippen LogP contribution in [0.1, 0.15) is 38.8 Å². The van der Waals surface area contributed by atoms with Crippen LogP contribution in [-0.4, -0.2) is 43.3 Å². The van der Waals surface area contributed by atoms with Gasteiger partial charge in [-0.2, -0.15) is 0 Å². The smallest absolute Gasteiger partial charge is 0.0678 e. The highest BCUT2D eigenvalue weighted by atomic mass is 16.5. The van der Waals surface area contributed by atoms with Crippen molar-refractivity contribution >= 4 is 0 Å². The molecule has 1 saturated heterocycles. The Morgan fingerprint density at radius 3 is 2.45 bits per heavy atom. The van der Waals surface area contributed by atoms with Crippen molar-refractivity contribution in [3.63, 3.8) is 0 Å². The minimum Gasteiger partial charge on any atom is -0.373 e. The molecule has 3 heteroatoms. The van der Waals surface area contributed by atoms with Gasteiger partial charge in [-0.1, -0.05) is 37.3 Å². The van der Waals surface area contributed by atoms with Crippen molar-refractivity contribution in [3.8, 4) is 0 Å². The van der Waals surface area contributed by atoms with Crippen molar-refractivity contribution in [1.82, 2.24) is 10.2 Å². The Bertz CT molecular complexity index is 372. The van der Waals surface area contributed by atoms with Crippen LogP contribution in [-0.2, 0) is 4.74 Å². The van der Waals surface area contributed by atoms with E-state index in [1.165, 1.54) is 12.0 Å². The zero-order valence-electron chi connectivity index (χ0n) is 13.0. The second kappa shape index (κ2) is 7.77. The Kier molecular flexibility index (Phi) is 6.02. The number of hydrogen-bond acceptors (Lipinski definition) is 3. The molecule has 1 heterocycles. The predicted molar refractivity (Wildman–Crippen MR) is 83.9 cm³/mol.